The smallest absolute Gasteiger partial charge is 0.340 e. The molecule has 4 nitrogen and oxygen atoms in total. The summed E-state index contributed by atoms with van der Waals surface area (Å²) in [4.78, 5) is 11.6. The van der Waals surface area contributed by atoms with E-state index in [1.165, 1.54) is 17.2 Å². The lowest BCUT2D eigenvalue weighted by Gasteiger charge is -2.18. The fourth-order valence-electron chi connectivity index (χ4n) is 3.19. The average molecular weight is 314 g/mol. The molecule has 122 valence electrons. The Morgan fingerprint density at radius 2 is 1.48 bits per heavy atom. The van der Waals surface area contributed by atoms with Gasteiger partial charge in [0.25, 0.3) is 0 Å². The van der Waals surface area contributed by atoms with Gasteiger partial charge < -0.3 is 15.3 Å². The van der Waals surface area contributed by atoms with Crippen molar-refractivity contribution in [3.63, 3.8) is 0 Å². The predicted molar refractivity (Wildman–Crippen MR) is 90.3 cm³/mol. The number of aromatic carboxylic acids is 1. The molecule has 0 aliphatic rings. The number of aromatic hydroxyl groups is 2. The highest BCUT2D eigenvalue weighted by Crippen LogP contribution is 2.39. The van der Waals surface area contributed by atoms with Crippen LogP contribution in [0.5, 0.6) is 11.5 Å². The van der Waals surface area contributed by atoms with Gasteiger partial charge in [-0.1, -0.05) is 32.9 Å². The Morgan fingerprint density at radius 1 is 0.870 bits per heavy atom. The van der Waals surface area contributed by atoms with E-state index in [0.717, 1.165) is 30.4 Å². The van der Waals surface area contributed by atoms with Gasteiger partial charge in [-0.05, 0) is 53.6 Å². The number of phenolic OH excluding ortho intramolecular Hbond substituents is 1. The lowest BCUT2D eigenvalue weighted by molar-refractivity contribution is 0.0694. The molecular weight excluding hydrogens is 292 g/mol. The van der Waals surface area contributed by atoms with Crippen molar-refractivity contribution < 1.29 is 20.1 Å². The zero-order valence-corrected chi connectivity index (χ0v) is 13.7. The summed E-state index contributed by atoms with van der Waals surface area (Å²) in [5, 5.41) is 29.0. The molecule has 3 N–H and O–H groups in total. The van der Waals surface area contributed by atoms with Crippen LogP contribution in [0.3, 0.4) is 0 Å². The molecule has 0 saturated heterocycles. The molecule has 2 aromatic rings. The van der Waals surface area contributed by atoms with Crippen molar-refractivity contribution in [2.75, 3.05) is 0 Å². The molecule has 0 radical (unpaired) electrons. The van der Waals surface area contributed by atoms with Crippen molar-refractivity contribution >= 4 is 5.97 Å². The molecule has 0 spiro atoms. The van der Waals surface area contributed by atoms with Crippen molar-refractivity contribution in [2.24, 2.45) is 0 Å². The van der Waals surface area contributed by atoms with E-state index in [4.69, 9.17) is 0 Å². The Morgan fingerprint density at radius 3 is 2.00 bits per heavy atom. The van der Waals surface area contributed by atoms with Gasteiger partial charge in [-0.2, -0.15) is 0 Å². The van der Waals surface area contributed by atoms with Crippen molar-refractivity contribution in [3.8, 4) is 22.6 Å². The number of hydrogen-bond acceptors (Lipinski definition) is 3. The van der Waals surface area contributed by atoms with Crippen LogP contribution in [0, 0.1) is 0 Å². The highest BCUT2D eigenvalue weighted by atomic mass is 16.4. The summed E-state index contributed by atoms with van der Waals surface area (Å²) in [6.07, 6.45) is 2.56. The van der Waals surface area contributed by atoms with E-state index in [1.807, 2.05) is 19.1 Å². The van der Waals surface area contributed by atoms with Gasteiger partial charge in [-0.3, -0.25) is 0 Å². The van der Waals surface area contributed by atoms with Crippen LogP contribution in [0.4, 0.5) is 0 Å². The van der Waals surface area contributed by atoms with Crippen LogP contribution in [0.2, 0.25) is 0 Å². The third kappa shape index (κ3) is 2.89. The molecule has 2 rings (SSSR count). The first-order valence-electron chi connectivity index (χ1n) is 7.88. The molecular formula is C19H22O4. The zero-order valence-electron chi connectivity index (χ0n) is 13.7. The second-order valence-corrected chi connectivity index (χ2v) is 5.45. The lowest BCUT2D eigenvalue weighted by atomic mass is 9.86. The number of aryl methyl sites for hydroxylation is 1. The number of benzene rings is 2. The van der Waals surface area contributed by atoms with E-state index in [-0.39, 0.29) is 5.56 Å². The Labute approximate surface area is 136 Å². The Bertz CT molecular complexity index is 748. The summed E-state index contributed by atoms with van der Waals surface area (Å²) >= 11 is 0. The third-order valence-electron chi connectivity index (χ3n) is 4.28. The average Bonchev–Trinajstić information content (AvgIpc) is 2.55. The van der Waals surface area contributed by atoms with E-state index in [9.17, 15) is 20.1 Å². The highest BCUT2D eigenvalue weighted by Gasteiger charge is 2.22. The van der Waals surface area contributed by atoms with Gasteiger partial charge in [0, 0.05) is 5.56 Å². The Kier molecular flexibility index (Phi) is 4.94. The van der Waals surface area contributed by atoms with Crippen molar-refractivity contribution in [3.05, 3.63) is 46.5 Å². The van der Waals surface area contributed by atoms with Crippen molar-refractivity contribution in [1.82, 2.24) is 0 Å². The van der Waals surface area contributed by atoms with E-state index in [1.54, 1.807) is 6.07 Å². The van der Waals surface area contributed by atoms with Crippen LogP contribution in [-0.2, 0) is 19.3 Å². The molecule has 0 heterocycles. The van der Waals surface area contributed by atoms with E-state index >= 15 is 0 Å². The van der Waals surface area contributed by atoms with Gasteiger partial charge in [-0.15, -0.1) is 0 Å². The molecule has 23 heavy (non-hydrogen) atoms. The molecule has 0 amide bonds. The molecule has 0 saturated carbocycles. The van der Waals surface area contributed by atoms with Gasteiger partial charge in [0.2, 0.25) is 0 Å². The monoisotopic (exact) mass is 314 g/mol. The fraction of sp³-hybridized carbons (Fsp3) is 0.316. The topological polar surface area (TPSA) is 77.8 Å². The molecule has 0 atom stereocenters. The minimum atomic E-state index is -1.26. The number of carbonyl (C=O) groups is 1. The maximum atomic E-state index is 11.6. The number of rotatable bonds is 5. The van der Waals surface area contributed by atoms with Crippen LogP contribution >= 0.6 is 0 Å². The standard InChI is InChI=1S/C19H22O4/c1-4-11-7-8-14(13(6-3)12(11)5-2)15-9-10-16(20)18(21)17(15)19(22)23/h7-10,20-21H,4-6H2,1-3H3,(H,22,23). The largest absolute Gasteiger partial charge is 0.504 e. The number of carboxylic acids is 1. The quantitative estimate of drug-likeness (QED) is 0.724. The van der Waals surface area contributed by atoms with Crippen LogP contribution in [0.25, 0.3) is 11.1 Å². The number of carboxylic acid groups (broad SMARTS) is 1. The van der Waals surface area contributed by atoms with E-state index < -0.39 is 17.5 Å². The maximum Gasteiger partial charge on any atom is 0.340 e. The van der Waals surface area contributed by atoms with Crippen LogP contribution in [-0.4, -0.2) is 21.3 Å². The molecule has 0 fully saturated rings. The molecule has 0 aromatic heterocycles. The second-order valence-electron chi connectivity index (χ2n) is 5.45. The first-order valence-corrected chi connectivity index (χ1v) is 7.88. The third-order valence-corrected chi connectivity index (χ3v) is 4.28. The van der Waals surface area contributed by atoms with E-state index in [0.29, 0.717) is 5.56 Å². The Balaban J connectivity index is 2.82. The van der Waals surface area contributed by atoms with Crippen LogP contribution in [0.15, 0.2) is 24.3 Å². The Hall–Kier alpha value is -2.49. The molecule has 4 heteroatoms. The molecule has 0 bridgehead atoms. The lowest BCUT2D eigenvalue weighted by Crippen LogP contribution is -2.05. The SMILES string of the molecule is CCc1ccc(-c2ccc(O)c(O)c2C(=O)O)c(CC)c1CC. The first-order chi connectivity index (χ1) is 11.0. The number of hydrogen-bond donors (Lipinski definition) is 3. The highest BCUT2D eigenvalue weighted by molar-refractivity contribution is 6.00. The molecule has 2 aromatic carbocycles. The number of phenols is 2. The normalized spacial score (nSPS) is 10.7. The van der Waals surface area contributed by atoms with Gasteiger partial charge in [0.1, 0.15) is 5.56 Å². The molecule has 0 aliphatic carbocycles. The van der Waals surface area contributed by atoms with E-state index in [2.05, 4.69) is 13.8 Å². The van der Waals surface area contributed by atoms with Gasteiger partial charge in [-0.25, -0.2) is 4.79 Å². The predicted octanol–water partition coefficient (Wildman–Crippen LogP) is 4.15. The summed E-state index contributed by atoms with van der Waals surface area (Å²) in [6.45, 7) is 6.23. The summed E-state index contributed by atoms with van der Waals surface area (Å²) < 4.78 is 0. The molecule has 0 aliphatic heterocycles. The van der Waals surface area contributed by atoms with Gasteiger partial charge in [0.05, 0.1) is 0 Å². The summed E-state index contributed by atoms with van der Waals surface area (Å²) in [6, 6.07) is 6.81. The van der Waals surface area contributed by atoms with Gasteiger partial charge in [0.15, 0.2) is 11.5 Å². The summed E-state index contributed by atoms with van der Waals surface area (Å²) in [7, 11) is 0. The fourth-order valence-corrected chi connectivity index (χ4v) is 3.19. The van der Waals surface area contributed by atoms with Crippen molar-refractivity contribution in [1.29, 1.82) is 0 Å². The van der Waals surface area contributed by atoms with Crippen molar-refractivity contribution in [2.45, 2.75) is 40.0 Å². The second kappa shape index (κ2) is 6.73. The minimum Gasteiger partial charge on any atom is -0.504 e. The van der Waals surface area contributed by atoms with Crippen LogP contribution in [0.1, 0.15) is 47.8 Å². The maximum absolute atomic E-state index is 11.6. The first kappa shape index (κ1) is 16.9. The summed E-state index contributed by atoms with van der Waals surface area (Å²) in [5.74, 6) is -2.27. The van der Waals surface area contributed by atoms with Gasteiger partial charge >= 0.3 is 5.97 Å². The van der Waals surface area contributed by atoms with Crippen LogP contribution < -0.4 is 0 Å². The summed E-state index contributed by atoms with van der Waals surface area (Å²) in [5.41, 5.74) is 4.56. The zero-order chi connectivity index (χ0) is 17.1. The molecule has 0 unspecified atom stereocenters. The minimum absolute atomic E-state index is 0.258.